The number of carbonyl (C=O) groups excluding carboxylic acids is 1. The summed E-state index contributed by atoms with van der Waals surface area (Å²) in [6, 6.07) is 3.74. The molecule has 1 amide bonds. The van der Waals surface area contributed by atoms with E-state index in [2.05, 4.69) is 15.3 Å². The highest BCUT2D eigenvalue weighted by Gasteiger charge is 2.30. The summed E-state index contributed by atoms with van der Waals surface area (Å²) in [4.78, 5) is 35.3. The van der Waals surface area contributed by atoms with Gasteiger partial charge in [0.2, 0.25) is 0 Å². The predicted octanol–water partition coefficient (Wildman–Crippen LogP) is 2.19. The highest BCUT2D eigenvalue weighted by molar-refractivity contribution is 7.89. The molecule has 0 radical (unpaired) electrons. The number of fused-ring (bicyclic) bond motifs is 2. The molecule has 16 nitrogen and oxygen atoms in total. The quantitative estimate of drug-likeness (QED) is 0.0873. The van der Waals surface area contributed by atoms with Crippen LogP contribution < -0.4 is 21.5 Å². The molecule has 0 aliphatic carbocycles. The van der Waals surface area contributed by atoms with Crippen molar-refractivity contribution in [3.8, 4) is 11.1 Å². The number of anilines is 2. The third-order valence-electron chi connectivity index (χ3n) is 8.58. The second-order valence-electron chi connectivity index (χ2n) is 12.9. The number of halogens is 2. The maximum absolute atomic E-state index is 15.4. The Labute approximate surface area is 323 Å². The van der Waals surface area contributed by atoms with E-state index in [0.29, 0.717) is 112 Å². The Balaban J connectivity index is 1.17. The van der Waals surface area contributed by atoms with Gasteiger partial charge in [-0.3, -0.25) is 9.59 Å². The standard InChI is InChI=1S/C37H48F2N6O10S/c1-44-23-30-29-17-25(24-56(2,48)49)28(19-32(29)45(35-31(39)18-27(38)21-43-35)22-26-20-42-34(33(26)30)37(44)47)36(46)41-4-6-51-8-10-53-12-14-55-16-15-54-13-11-52-9-7-50-5-3-40/h17-21,23,42H,3-16,22,24,40H2,1-2H3,(H,41,46). The van der Waals surface area contributed by atoms with Crippen molar-refractivity contribution >= 4 is 38.2 Å². The van der Waals surface area contributed by atoms with Crippen LogP contribution in [0.5, 0.6) is 0 Å². The molecule has 3 aromatic heterocycles. The Bertz CT molecular complexity index is 2110. The Morgan fingerprint density at radius 1 is 0.893 bits per heavy atom. The number of sulfone groups is 1. The highest BCUT2D eigenvalue weighted by atomic mass is 32.2. The van der Waals surface area contributed by atoms with Crippen molar-refractivity contribution in [3.63, 3.8) is 0 Å². The molecule has 4 N–H and O–H groups in total. The maximum Gasteiger partial charge on any atom is 0.274 e. The number of pyridine rings is 2. The summed E-state index contributed by atoms with van der Waals surface area (Å²) < 4.78 is 88.6. The van der Waals surface area contributed by atoms with Crippen molar-refractivity contribution in [2.24, 2.45) is 12.8 Å². The van der Waals surface area contributed by atoms with Gasteiger partial charge in [-0.2, -0.15) is 0 Å². The molecular weight excluding hydrogens is 759 g/mol. The summed E-state index contributed by atoms with van der Waals surface area (Å²) in [6.45, 7) is 5.27. The predicted molar refractivity (Wildman–Crippen MR) is 204 cm³/mol. The van der Waals surface area contributed by atoms with Gasteiger partial charge in [-0.05, 0) is 23.3 Å². The largest absolute Gasteiger partial charge is 0.378 e. The summed E-state index contributed by atoms with van der Waals surface area (Å²) in [5.41, 5.74) is 7.45. The zero-order chi connectivity index (χ0) is 40.1. The van der Waals surface area contributed by atoms with E-state index in [1.165, 1.54) is 15.5 Å². The van der Waals surface area contributed by atoms with E-state index < -0.39 is 33.1 Å². The molecule has 1 aliphatic heterocycles. The van der Waals surface area contributed by atoms with Gasteiger partial charge < -0.3 is 53.9 Å². The number of nitrogens with zero attached hydrogens (tertiary/aromatic N) is 3. The van der Waals surface area contributed by atoms with E-state index in [0.717, 1.165) is 12.5 Å². The zero-order valence-corrected chi connectivity index (χ0v) is 32.3. The van der Waals surface area contributed by atoms with Crippen molar-refractivity contribution in [2.75, 3.05) is 104 Å². The molecular formula is C37H48F2N6O10S. The van der Waals surface area contributed by atoms with Crippen molar-refractivity contribution in [1.29, 1.82) is 0 Å². The number of rotatable bonds is 24. The second-order valence-corrected chi connectivity index (χ2v) is 15.0. The Hall–Kier alpha value is -4.34. The number of ether oxygens (including phenoxy) is 6. The normalized spacial score (nSPS) is 12.6. The molecule has 306 valence electrons. The third kappa shape index (κ3) is 11.6. The maximum atomic E-state index is 15.4. The summed E-state index contributed by atoms with van der Waals surface area (Å²) in [5.74, 6) is -3.12. The molecule has 0 saturated carbocycles. The minimum atomic E-state index is -3.65. The fourth-order valence-corrected chi connectivity index (χ4v) is 6.92. The summed E-state index contributed by atoms with van der Waals surface area (Å²) in [5, 5.41) is 3.32. The molecule has 1 aliphatic rings. The van der Waals surface area contributed by atoms with Crippen molar-refractivity contribution in [2.45, 2.75) is 12.3 Å². The lowest BCUT2D eigenvalue weighted by molar-refractivity contribution is -0.0162. The molecule has 1 aromatic carbocycles. The topological polar surface area (TPSA) is 199 Å². The first kappa shape index (κ1) is 42.8. The van der Waals surface area contributed by atoms with Crippen molar-refractivity contribution in [1.82, 2.24) is 19.9 Å². The lowest BCUT2D eigenvalue weighted by Crippen LogP contribution is -2.29. The number of amides is 1. The van der Waals surface area contributed by atoms with E-state index in [1.807, 2.05) is 0 Å². The van der Waals surface area contributed by atoms with Crippen LogP contribution in [0, 0.1) is 11.6 Å². The van der Waals surface area contributed by atoms with Gasteiger partial charge in [0.15, 0.2) is 21.5 Å². The van der Waals surface area contributed by atoms with Gasteiger partial charge in [0.1, 0.15) is 11.3 Å². The lowest BCUT2D eigenvalue weighted by Gasteiger charge is -2.26. The number of aryl methyl sites for hydroxylation is 1. The van der Waals surface area contributed by atoms with Crippen LogP contribution in [0.1, 0.15) is 21.5 Å². The van der Waals surface area contributed by atoms with E-state index in [4.69, 9.17) is 34.2 Å². The second kappa shape index (κ2) is 20.7. The average Bonchev–Trinajstić information content (AvgIpc) is 3.52. The smallest absolute Gasteiger partial charge is 0.274 e. The van der Waals surface area contributed by atoms with Crippen molar-refractivity contribution < 1.29 is 50.4 Å². The SMILES string of the molecule is Cn1cc2c3c(c[nH]c3c1=O)CN(c1ncc(F)cc1F)c1cc(C(=O)NCCOCCOCCOCCOCCOCCOCCN)c(CS(C)(=O)=O)cc1-2. The number of carbonyl (C=O) groups is 1. The van der Waals surface area contributed by atoms with Gasteiger partial charge in [-0.1, -0.05) is 0 Å². The van der Waals surface area contributed by atoms with Crippen LogP contribution in [0.25, 0.3) is 22.0 Å². The number of H-pyrrole nitrogens is 1. The summed E-state index contributed by atoms with van der Waals surface area (Å²) >= 11 is 0. The first-order chi connectivity index (χ1) is 27.0. The molecule has 0 unspecified atom stereocenters. The first-order valence-electron chi connectivity index (χ1n) is 18.1. The molecule has 0 atom stereocenters. The molecule has 0 fully saturated rings. The Morgan fingerprint density at radius 2 is 1.48 bits per heavy atom. The fraction of sp³-hybridized carbons (Fsp3) is 0.486. The van der Waals surface area contributed by atoms with Gasteiger partial charge in [-0.25, -0.2) is 22.2 Å². The molecule has 56 heavy (non-hydrogen) atoms. The lowest BCUT2D eigenvalue weighted by atomic mass is 9.96. The third-order valence-corrected chi connectivity index (χ3v) is 9.42. The summed E-state index contributed by atoms with van der Waals surface area (Å²) in [7, 11) is -2.07. The molecule has 19 heteroatoms. The summed E-state index contributed by atoms with van der Waals surface area (Å²) in [6.07, 6.45) is 5.17. The van der Waals surface area contributed by atoms with Crippen LogP contribution in [0.15, 0.2) is 41.6 Å². The highest BCUT2D eigenvalue weighted by Crippen LogP contribution is 2.45. The first-order valence-corrected chi connectivity index (χ1v) is 20.1. The Morgan fingerprint density at radius 3 is 2.05 bits per heavy atom. The van der Waals surface area contributed by atoms with Gasteiger partial charge in [-0.15, -0.1) is 0 Å². The number of nitrogens with one attached hydrogen (secondary N) is 2. The minimum Gasteiger partial charge on any atom is -0.378 e. The molecule has 5 rings (SSSR count). The number of hydrogen-bond donors (Lipinski definition) is 3. The number of aromatic amines is 1. The number of aromatic nitrogens is 3. The average molecular weight is 807 g/mol. The fourth-order valence-electron chi connectivity index (χ4n) is 6.12. The number of nitrogens with two attached hydrogens (primary N) is 1. The Kier molecular flexibility index (Phi) is 15.8. The van der Waals surface area contributed by atoms with Crippen LogP contribution in [-0.4, -0.2) is 127 Å². The van der Waals surface area contributed by atoms with Gasteiger partial charge in [0.05, 0.1) is 103 Å². The number of hydrogen-bond acceptors (Lipinski definition) is 13. The van der Waals surface area contributed by atoms with Gasteiger partial charge in [0, 0.05) is 66.9 Å². The monoisotopic (exact) mass is 806 g/mol. The number of benzene rings is 1. The molecule has 0 spiro atoms. The van der Waals surface area contributed by atoms with Crippen LogP contribution in [0.4, 0.5) is 20.3 Å². The van der Waals surface area contributed by atoms with Crippen molar-refractivity contribution in [3.05, 3.63) is 75.5 Å². The molecule has 4 aromatic rings. The van der Waals surface area contributed by atoms with E-state index in [-0.39, 0.29) is 48.8 Å². The zero-order valence-electron chi connectivity index (χ0n) is 31.4. The van der Waals surface area contributed by atoms with Gasteiger partial charge in [0.25, 0.3) is 11.5 Å². The van der Waals surface area contributed by atoms with Gasteiger partial charge >= 0.3 is 0 Å². The van der Waals surface area contributed by atoms with Crippen LogP contribution in [-0.2, 0) is 57.6 Å². The minimum absolute atomic E-state index is 0.00491. The molecule has 4 heterocycles. The van der Waals surface area contributed by atoms with Crippen LogP contribution in [0.2, 0.25) is 0 Å². The van der Waals surface area contributed by atoms with E-state index >= 15 is 4.39 Å². The van der Waals surface area contributed by atoms with Crippen LogP contribution in [0.3, 0.4) is 0 Å². The molecule has 0 saturated heterocycles. The molecule has 0 bridgehead atoms. The van der Waals surface area contributed by atoms with E-state index in [9.17, 15) is 22.4 Å². The van der Waals surface area contributed by atoms with Crippen LogP contribution >= 0.6 is 0 Å². The van der Waals surface area contributed by atoms with E-state index in [1.54, 1.807) is 25.5 Å².